The number of nitrogen functional groups attached to an aromatic ring is 1. The molecule has 6 nitrogen and oxygen atoms in total. The zero-order valence-corrected chi connectivity index (χ0v) is 8.79. The molecule has 1 rings (SSSR count). The molecule has 1 aromatic heterocycles. The third kappa shape index (κ3) is 3.35. The van der Waals surface area contributed by atoms with Crippen molar-refractivity contribution in [2.75, 3.05) is 18.0 Å². The fourth-order valence-corrected chi connectivity index (χ4v) is 1.53. The summed E-state index contributed by atoms with van der Waals surface area (Å²) in [6.07, 6.45) is 3.18. The van der Waals surface area contributed by atoms with Crippen molar-refractivity contribution >= 4 is 15.7 Å². The fraction of sp³-hybridized carbons (Fsp3) is 0.571. The topological polar surface area (TPSA) is 90.0 Å². The van der Waals surface area contributed by atoms with Crippen LogP contribution in [0.4, 0.5) is 5.69 Å². The Morgan fingerprint density at radius 3 is 2.86 bits per heavy atom. The van der Waals surface area contributed by atoms with E-state index in [2.05, 4.69) is 9.82 Å². The largest absolute Gasteiger partial charge is 0.396 e. The van der Waals surface area contributed by atoms with Gasteiger partial charge < -0.3 is 5.73 Å². The van der Waals surface area contributed by atoms with E-state index in [0.29, 0.717) is 18.8 Å². The zero-order valence-electron chi connectivity index (χ0n) is 7.97. The molecule has 0 fully saturated rings. The minimum atomic E-state index is -3.11. The summed E-state index contributed by atoms with van der Waals surface area (Å²) in [6, 6.07) is 0. The van der Waals surface area contributed by atoms with E-state index in [0.717, 1.165) is 0 Å². The maximum absolute atomic E-state index is 11.0. The Labute approximate surface area is 83.1 Å². The van der Waals surface area contributed by atoms with Crippen LogP contribution >= 0.6 is 0 Å². The van der Waals surface area contributed by atoms with E-state index in [1.807, 2.05) is 0 Å². The summed E-state index contributed by atoms with van der Waals surface area (Å²) in [5.74, 6) is 0.0915. The third-order valence-electron chi connectivity index (χ3n) is 1.70. The van der Waals surface area contributed by atoms with Gasteiger partial charge in [0.15, 0.2) is 0 Å². The van der Waals surface area contributed by atoms with Gasteiger partial charge in [0.2, 0.25) is 10.0 Å². The van der Waals surface area contributed by atoms with Crippen LogP contribution in [0.1, 0.15) is 6.92 Å². The molecular weight excluding hydrogens is 204 g/mol. The smallest absolute Gasteiger partial charge is 0.211 e. The van der Waals surface area contributed by atoms with Gasteiger partial charge in [-0.1, -0.05) is 0 Å². The lowest BCUT2D eigenvalue weighted by Crippen LogP contribution is -2.28. The monoisotopic (exact) mass is 218 g/mol. The Balaban J connectivity index is 2.36. The first-order valence-electron chi connectivity index (χ1n) is 4.29. The standard InChI is InChI=1S/C7H14N4O2S/c1-2-14(12,13)10-3-4-11-6-7(8)5-9-11/h5-6,10H,2-4,8H2,1H3. The molecule has 1 aromatic rings. The van der Waals surface area contributed by atoms with Crippen LogP contribution in [0.3, 0.4) is 0 Å². The first-order chi connectivity index (χ1) is 6.53. The van der Waals surface area contributed by atoms with Crippen LogP contribution in [0.25, 0.3) is 0 Å². The van der Waals surface area contributed by atoms with E-state index < -0.39 is 10.0 Å². The van der Waals surface area contributed by atoms with Gasteiger partial charge in [-0.2, -0.15) is 5.10 Å². The van der Waals surface area contributed by atoms with Crippen molar-refractivity contribution < 1.29 is 8.42 Å². The summed E-state index contributed by atoms with van der Waals surface area (Å²) in [4.78, 5) is 0. The molecule has 0 radical (unpaired) electrons. The number of aromatic nitrogens is 2. The number of hydrogen-bond acceptors (Lipinski definition) is 4. The highest BCUT2D eigenvalue weighted by molar-refractivity contribution is 7.89. The quantitative estimate of drug-likeness (QED) is 0.691. The van der Waals surface area contributed by atoms with Crippen LogP contribution in [-0.2, 0) is 16.6 Å². The molecular formula is C7H14N4O2S. The number of nitrogens with zero attached hydrogens (tertiary/aromatic N) is 2. The first kappa shape index (κ1) is 11.0. The minimum absolute atomic E-state index is 0.0915. The van der Waals surface area contributed by atoms with Gasteiger partial charge in [0.1, 0.15) is 0 Å². The lowest BCUT2D eigenvalue weighted by Gasteiger charge is -2.03. The molecule has 0 aromatic carbocycles. The van der Waals surface area contributed by atoms with Crippen molar-refractivity contribution in [1.29, 1.82) is 0 Å². The van der Waals surface area contributed by atoms with E-state index in [9.17, 15) is 8.42 Å². The summed E-state index contributed by atoms with van der Waals surface area (Å²) in [5, 5.41) is 3.92. The molecule has 7 heteroatoms. The van der Waals surface area contributed by atoms with Gasteiger partial charge in [-0.05, 0) is 6.92 Å². The van der Waals surface area contributed by atoms with Crippen LogP contribution in [0.5, 0.6) is 0 Å². The second-order valence-electron chi connectivity index (χ2n) is 2.83. The van der Waals surface area contributed by atoms with Crippen molar-refractivity contribution in [3.63, 3.8) is 0 Å². The average molecular weight is 218 g/mol. The lowest BCUT2D eigenvalue weighted by molar-refractivity contribution is 0.562. The van der Waals surface area contributed by atoms with Crippen LogP contribution in [0.15, 0.2) is 12.4 Å². The molecule has 0 atom stereocenters. The number of hydrogen-bond donors (Lipinski definition) is 2. The number of rotatable bonds is 5. The van der Waals surface area contributed by atoms with Gasteiger partial charge in [0.25, 0.3) is 0 Å². The predicted octanol–water partition coefficient (Wildman–Crippen LogP) is -0.595. The first-order valence-corrected chi connectivity index (χ1v) is 5.94. The van der Waals surface area contributed by atoms with Gasteiger partial charge in [-0.15, -0.1) is 0 Å². The summed E-state index contributed by atoms with van der Waals surface area (Å²) < 4.78 is 26.1. The highest BCUT2D eigenvalue weighted by atomic mass is 32.2. The van der Waals surface area contributed by atoms with Crippen molar-refractivity contribution in [2.24, 2.45) is 0 Å². The van der Waals surface area contributed by atoms with E-state index in [1.54, 1.807) is 17.8 Å². The Morgan fingerprint density at radius 1 is 1.64 bits per heavy atom. The molecule has 0 saturated heterocycles. The Bertz CT molecular complexity index is 384. The highest BCUT2D eigenvalue weighted by Gasteiger charge is 2.04. The van der Waals surface area contributed by atoms with Gasteiger partial charge >= 0.3 is 0 Å². The number of nitrogens with one attached hydrogen (secondary N) is 1. The maximum Gasteiger partial charge on any atom is 0.211 e. The average Bonchev–Trinajstić information content (AvgIpc) is 2.51. The zero-order chi connectivity index (χ0) is 10.6. The highest BCUT2D eigenvalue weighted by Crippen LogP contribution is 1.96. The Kier molecular flexibility index (Phi) is 3.48. The molecule has 0 spiro atoms. The second kappa shape index (κ2) is 4.43. The molecule has 1 heterocycles. The van der Waals surface area contributed by atoms with Crippen LogP contribution in [0, 0.1) is 0 Å². The number of anilines is 1. The molecule has 0 unspecified atom stereocenters. The van der Waals surface area contributed by atoms with Crippen LogP contribution in [-0.4, -0.2) is 30.5 Å². The Hall–Kier alpha value is -1.08. The van der Waals surface area contributed by atoms with Crippen LogP contribution in [0.2, 0.25) is 0 Å². The summed E-state index contributed by atoms with van der Waals surface area (Å²) in [6.45, 7) is 2.40. The minimum Gasteiger partial charge on any atom is -0.396 e. The lowest BCUT2D eigenvalue weighted by atomic mass is 10.6. The molecule has 0 saturated carbocycles. The molecule has 0 amide bonds. The van der Waals surface area contributed by atoms with E-state index in [-0.39, 0.29) is 5.75 Å². The predicted molar refractivity (Wildman–Crippen MR) is 54.1 cm³/mol. The molecule has 0 aliphatic heterocycles. The van der Waals surface area contributed by atoms with Gasteiger partial charge in [-0.25, -0.2) is 13.1 Å². The number of nitrogens with two attached hydrogens (primary N) is 1. The molecule has 0 bridgehead atoms. The van der Waals surface area contributed by atoms with Crippen molar-refractivity contribution in [3.05, 3.63) is 12.4 Å². The molecule has 0 aliphatic rings. The molecule has 80 valence electrons. The van der Waals surface area contributed by atoms with Crippen molar-refractivity contribution in [2.45, 2.75) is 13.5 Å². The normalized spacial score (nSPS) is 11.8. The van der Waals surface area contributed by atoms with E-state index >= 15 is 0 Å². The van der Waals surface area contributed by atoms with E-state index in [1.165, 1.54) is 6.20 Å². The molecule has 3 N–H and O–H groups in total. The van der Waals surface area contributed by atoms with Crippen LogP contribution < -0.4 is 10.5 Å². The van der Waals surface area contributed by atoms with Crippen molar-refractivity contribution in [3.8, 4) is 0 Å². The van der Waals surface area contributed by atoms with E-state index in [4.69, 9.17) is 5.73 Å². The summed E-state index contributed by atoms with van der Waals surface area (Å²) >= 11 is 0. The molecule has 14 heavy (non-hydrogen) atoms. The summed E-state index contributed by atoms with van der Waals surface area (Å²) in [7, 11) is -3.11. The number of sulfonamides is 1. The van der Waals surface area contributed by atoms with Gasteiger partial charge in [0.05, 0.1) is 24.2 Å². The Morgan fingerprint density at radius 2 is 2.36 bits per heavy atom. The SMILES string of the molecule is CCS(=O)(=O)NCCn1cc(N)cn1. The second-order valence-corrected chi connectivity index (χ2v) is 4.93. The van der Waals surface area contributed by atoms with Gasteiger partial charge in [0, 0.05) is 12.7 Å². The third-order valence-corrected chi connectivity index (χ3v) is 3.10. The van der Waals surface area contributed by atoms with Gasteiger partial charge in [-0.3, -0.25) is 4.68 Å². The van der Waals surface area contributed by atoms with Crippen molar-refractivity contribution in [1.82, 2.24) is 14.5 Å². The summed E-state index contributed by atoms with van der Waals surface area (Å²) in [5.41, 5.74) is 6.01. The molecule has 0 aliphatic carbocycles. The fourth-order valence-electron chi connectivity index (χ4n) is 0.920. The maximum atomic E-state index is 11.0.